The zero-order valence-electron chi connectivity index (χ0n) is 12.4. The maximum Gasteiger partial charge on any atom is 0.254 e. The van der Waals surface area contributed by atoms with Crippen LogP contribution in [-0.4, -0.2) is 43.3 Å². The van der Waals surface area contributed by atoms with Crippen LogP contribution in [0.1, 0.15) is 36.5 Å². The molecule has 1 fully saturated rings. The zero-order valence-corrected chi connectivity index (χ0v) is 12.4. The van der Waals surface area contributed by atoms with Crippen LogP contribution in [-0.2, 0) is 4.79 Å². The number of likely N-dealkylation sites (tertiary alicyclic amines) is 1. The van der Waals surface area contributed by atoms with Gasteiger partial charge in [0.1, 0.15) is 5.78 Å². The Morgan fingerprint density at radius 3 is 2.75 bits per heavy atom. The highest BCUT2D eigenvalue weighted by atomic mass is 16.2. The van der Waals surface area contributed by atoms with Gasteiger partial charge in [-0.2, -0.15) is 0 Å². The van der Waals surface area contributed by atoms with Crippen LogP contribution >= 0.6 is 0 Å². The number of amides is 1. The van der Waals surface area contributed by atoms with E-state index in [1.165, 1.54) is 0 Å². The summed E-state index contributed by atoms with van der Waals surface area (Å²) in [6.45, 7) is 2.34. The minimum atomic E-state index is 0.0393. The predicted molar refractivity (Wildman–Crippen MR) is 80.1 cm³/mol. The van der Waals surface area contributed by atoms with Crippen molar-refractivity contribution in [2.75, 3.05) is 25.5 Å². The molecule has 4 nitrogen and oxygen atoms in total. The van der Waals surface area contributed by atoms with Gasteiger partial charge in [0.25, 0.3) is 5.91 Å². The van der Waals surface area contributed by atoms with Gasteiger partial charge in [-0.3, -0.25) is 9.59 Å². The summed E-state index contributed by atoms with van der Waals surface area (Å²) in [5, 5.41) is 0. The zero-order chi connectivity index (χ0) is 14.7. The minimum Gasteiger partial charge on any atom is -0.378 e. The van der Waals surface area contributed by atoms with E-state index in [-0.39, 0.29) is 17.7 Å². The molecule has 2 rings (SSSR count). The number of carbonyl (C=O) groups is 2. The first-order chi connectivity index (χ1) is 9.49. The SMILES string of the molecule is CC(=O)CC1CCCN1C(=O)c1cccc(N(C)C)c1. The number of nitrogens with zero attached hydrogens (tertiary/aromatic N) is 2. The highest BCUT2D eigenvalue weighted by molar-refractivity contribution is 5.95. The monoisotopic (exact) mass is 274 g/mol. The van der Waals surface area contributed by atoms with Crippen molar-refractivity contribution >= 4 is 17.4 Å². The van der Waals surface area contributed by atoms with E-state index in [0.29, 0.717) is 12.0 Å². The van der Waals surface area contributed by atoms with Gasteiger partial charge in [0.05, 0.1) is 0 Å². The second-order valence-electron chi connectivity index (χ2n) is 5.65. The Balaban J connectivity index is 2.18. The number of rotatable bonds is 4. The van der Waals surface area contributed by atoms with Gasteiger partial charge >= 0.3 is 0 Å². The molecular formula is C16H22N2O2. The van der Waals surface area contributed by atoms with Gasteiger partial charge in [-0.05, 0) is 38.0 Å². The standard InChI is InChI=1S/C16H22N2O2/c1-12(19)10-15-8-5-9-18(15)16(20)13-6-4-7-14(11-13)17(2)3/h4,6-7,11,15H,5,8-10H2,1-3H3. The van der Waals surface area contributed by atoms with Crippen LogP contribution in [0.2, 0.25) is 0 Å². The molecule has 1 saturated heterocycles. The van der Waals surface area contributed by atoms with Crippen molar-refractivity contribution in [2.24, 2.45) is 0 Å². The van der Waals surface area contributed by atoms with Crippen molar-refractivity contribution in [3.63, 3.8) is 0 Å². The Morgan fingerprint density at radius 2 is 2.10 bits per heavy atom. The molecule has 1 aliphatic heterocycles. The van der Waals surface area contributed by atoms with Crippen LogP contribution in [0.3, 0.4) is 0 Å². The van der Waals surface area contributed by atoms with Gasteiger partial charge in [-0.25, -0.2) is 0 Å². The number of anilines is 1. The topological polar surface area (TPSA) is 40.6 Å². The average Bonchev–Trinajstić information content (AvgIpc) is 2.85. The number of carbonyl (C=O) groups excluding carboxylic acids is 2. The summed E-state index contributed by atoms with van der Waals surface area (Å²) in [7, 11) is 3.91. The Hall–Kier alpha value is -1.84. The second kappa shape index (κ2) is 6.07. The van der Waals surface area contributed by atoms with Gasteiger partial charge in [-0.1, -0.05) is 6.07 Å². The lowest BCUT2D eigenvalue weighted by Gasteiger charge is -2.24. The van der Waals surface area contributed by atoms with Gasteiger partial charge < -0.3 is 9.80 Å². The molecule has 108 valence electrons. The molecular weight excluding hydrogens is 252 g/mol. The Bertz CT molecular complexity index is 511. The maximum atomic E-state index is 12.6. The largest absolute Gasteiger partial charge is 0.378 e. The second-order valence-corrected chi connectivity index (χ2v) is 5.65. The summed E-state index contributed by atoms with van der Waals surface area (Å²) in [5.74, 6) is 0.189. The molecule has 1 unspecified atom stereocenters. The van der Waals surface area contributed by atoms with Gasteiger partial charge in [-0.15, -0.1) is 0 Å². The molecule has 1 atom stereocenters. The molecule has 20 heavy (non-hydrogen) atoms. The van der Waals surface area contributed by atoms with E-state index in [0.717, 1.165) is 25.1 Å². The van der Waals surface area contributed by atoms with Crippen LogP contribution < -0.4 is 4.90 Å². The summed E-state index contributed by atoms with van der Waals surface area (Å²) in [6, 6.07) is 7.71. The number of Topliss-reactive ketones (excluding diaryl/α,β-unsaturated/α-hetero) is 1. The van der Waals surface area contributed by atoms with Crippen molar-refractivity contribution in [3.8, 4) is 0 Å². The first-order valence-corrected chi connectivity index (χ1v) is 7.07. The highest BCUT2D eigenvalue weighted by Crippen LogP contribution is 2.24. The Morgan fingerprint density at radius 1 is 1.35 bits per heavy atom. The quantitative estimate of drug-likeness (QED) is 0.846. The third kappa shape index (κ3) is 3.18. The van der Waals surface area contributed by atoms with Crippen molar-refractivity contribution in [1.82, 2.24) is 4.90 Å². The third-order valence-corrected chi connectivity index (χ3v) is 3.77. The molecule has 1 aromatic carbocycles. The molecule has 0 bridgehead atoms. The molecule has 0 N–H and O–H groups in total. The van der Waals surface area contributed by atoms with Crippen molar-refractivity contribution < 1.29 is 9.59 Å². The van der Waals surface area contributed by atoms with E-state index in [1.54, 1.807) is 6.92 Å². The van der Waals surface area contributed by atoms with Crippen LogP contribution in [0.25, 0.3) is 0 Å². The molecule has 1 aromatic rings. The molecule has 4 heteroatoms. The van der Waals surface area contributed by atoms with Crippen molar-refractivity contribution in [1.29, 1.82) is 0 Å². The summed E-state index contributed by atoms with van der Waals surface area (Å²) in [4.78, 5) is 27.8. The molecule has 0 saturated carbocycles. The Kier molecular flexibility index (Phi) is 4.42. The molecule has 1 amide bonds. The van der Waals surface area contributed by atoms with E-state index in [9.17, 15) is 9.59 Å². The average molecular weight is 274 g/mol. The number of hydrogen-bond donors (Lipinski definition) is 0. The van der Waals surface area contributed by atoms with Crippen molar-refractivity contribution in [3.05, 3.63) is 29.8 Å². The molecule has 1 aliphatic rings. The summed E-state index contributed by atoms with van der Waals surface area (Å²) in [6.07, 6.45) is 2.38. The predicted octanol–water partition coefficient (Wildman–Crippen LogP) is 2.34. The molecule has 0 aromatic heterocycles. The van der Waals surface area contributed by atoms with E-state index in [2.05, 4.69) is 0 Å². The highest BCUT2D eigenvalue weighted by Gasteiger charge is 2.30. The summed E-state index contributed by atoms with van der Waals surface area (Å²) < 4.78 is 0. The van der Waals surface area contributed by atoms with Crippen LogP contribution in [0.5, 0.6) is 0 Å². The fourth-order valence-electron chi connectivity index (χ4n) is 2.73. The van der Waals surface area contributed by atoms with Gasteiger partial charge in [0.2, 0.25) is 0 Å². The summed E-state index contributed by atoms with van der Waals surface area (Å²) >= 11 is 0. The first kappa shape index (κ1) is 14.6. The lowest BCUT2D eigenvalue weighted by Crippen LogP contribution is -2.36. The third-order valence-electron chi connectivity index (χ3n) is 3.77. The van der Waals surface area contributed by atoms with E-state index in [4.69, 9.17) is 0 Å². The van der Waals surface area contributed by atoms with Gasteiger partial charge in [0, 0.05) is 44.4 Å². The smallest absolute Gasteiger partial charge is 0.254 e. The van der Waals surface area contributed by atoms with Crippen LogP contribution in [0.4, 0.5) is 5.69 Å². The van der Waals surface area contributed by atoms with Crippen molar-refractivity contribution in [2.45, 2.75) is 32.2 Å². The minimum absolute atomic E-state index is 0.0393. The number of hydrogen-bond acceptors (Lipinski definition) is 3. The molecule has 0 aliphatic carbocycles. The number of ketones is 1. The van der Waals surface area contributed by atoms with E-state index in [1.807, 2.05) is 48.2 Å². The molecule has 0 radical (unpaired) electrons. The number of benzene rings is 1. The first-order valence-electron chi connectivity index (χ1n) is 7.07. The normalized spacial score (nSPS) is 18.1. The fourth-order valence-corrected chi connectivity index (χ4v) is 2.73. The molecule has 1 heterocycles. The van der Waals surface area contributed by atoms with Crippen LogP contribution in [0, 0.1) is 0 Å². The van der Waals surface area contributed by atoms with E-state index >= 15 is 0 Å². The Labute approximate surface area is 120 Å². The molecule has 0 spiro atoms. The maximum absolute atomic E-state index is 12.6. The fraction of sp³-hybridized carbons (Fsp3) is 0.500. The lowest BCUT2D eigenvalue weighted by molar-refractivity contribution is -0.117. The lowest BCUT2D eigenvalue weighted by atomic mass is 10.1. The van der Waals surface area contributed by atoms with Crippen LogP contribution in [0.15, 0.2) is 24.3 Å². The summed E-state index contributed by atoms with van der Waals surface area (Å²) in [5.41, 5.74) is 1.71. The van der Waals surface area contributed by atoms with Gasteiger partial charge in [0.15, 0.2) is 0 Å². The van der Waals surface area contributed by atoms with E-state index < -0.39 is 0 Å².